The maximum Gasteiger partial charge on any atom is 0.0511 e. The molecule has 0 amide bonds. The molecule has 15 heavy (non-hydrogen) atoms. The maximum atomic E-state index is 3.61. The summed E-state index contributed by atoms with van der Waals surface area (Å²) in [6, 6.07) is 8.49. The summed E-state index contributed by atoms with van der Waals surface area (Å²) in [6.07, 6.45) is 1.34. The zero-order chi connectivity index (χ0) is 10.3. The quantitative estimate of drug-likeness (QED) is 0.839. The fourth-order valence-electron chi connectivity index (χ4n) is 2.71. The lowest BCUT2D eigenvalue weighted by Crippen LogP contribution is -2.57. The summed E-state index contributed by atoms with van der Waals surface area (Å²) in [4.78, 5) is 2.47. The number of halogens is 1. The Morgan fingerprint density at radius 2 is 2.07 bits per heavy atom. The molecular weight excluding hydrogens is 252 g/mol. The van der Waals surface area contributed by atoms with Gasteiger partial charge in [-0.3, -0.25) is 0 Å². The molecule has 0 unspecified atom stereocenters. The molecule has 2 saturated heterocycles. The van der Waals surface area contributed by atoms with Crippen molar-refractivity contribution in [2.75, 3.05) is 31.1 Å². The predicted octanol–water partition coefficient (Wildman–Crippen LogP) is 2.25. The topological polar surface area (TPSA) is 15.3 Å². The molecule has 1 N–H and O–H groups in total. The van der Waals surface area contributed by atoms with Gasteiger partial charge in [0.15, 0.2) is 0 Å². The zero-order valence-corrected chi connectivity index (χ0v) is 10.3. The van der Waals surface area contributed by atoms with Crippen LogP contribution in [0.25, 0.3) is 0 Å². The van der Waals surface area contributed by atoms with E-state index in [-0.39, 0.29) is 0 Å². The molecule has 3 rings (SSSR count). The molecular formula is C12H15BrN2. The smallest absolute Gasteiger partial charge is 0.0511 e. The molecule has 0 saturated carbocycles. The van der Waals surface area contributed by atoms with Gasteiger partial charge in [-0.25, -0.2) is 0 Å². The molecule has 0 atom stereocenters. The minimum Gasteiger partial charge on any atom is -0.369 e. The second kappa shape index (κ2) is 3.49. The van der Waals surface area contributed by atoms with Crippen LogP contribution in [0.2, 0.25) is 0 Å². The Morgan fingerprint density at radius 1 is 1.27 bits per heavy atom. The van der Waals surface area contributed by atoms with E-state index < -0.39 is 0 Å². The summed E-state index contributed by atoms with van der Waals surface area (Å²) < 4.78 is 1.21. The van der Waals surface area contributed by atoms with Crippen molar-refractivity contribution in [3.05, 3.63) is 28.7 Å². The molecule has 2 nitrogen and oxygen atoms in total. The van der Waals surface area contributed by atoms with Crippen LogP contribution in [0.3, 0.4) is 0 Å². The van der Waals surface area contributed by atoms with Crippen LogP contribution in [0.1, 0.15) is 6.42 Å². The summed E-state index contributed by atoms with van der Waals surface area (Å²) in [5, 5.41) is 3.46. The van der Waals surface area contributed by atoms with Gasteiger partial charge < -0.3 is 10.2 Å². The average molecular weight is 267 g/mol. The van der Waals surface area contributed by atoms with Crippen LogP contribution in [0.5, 0.6) is 0 Å². The van der Waals surface area contributed by atoms with E-state index in [1.54, 1.807) is 0 Å². The number of anilines is 1. The number of hydrogen-bond acceptors (Lipinski definition) is 2. The molecule has 2 heterocycles. The van der Waals surface area contributed by atoms with Gasteiger partial charge in [0.25, 0.3) is 0 Å². The van der Waals surface area contributed by atoms with Crippen LogP contribution in [-0.2, 0) is 0 Å². The number of benzene rings is 1. The molecule has 2 aliphatic heterocycles. The molecule has 1 aromatic carbocycles. The van der Waals surface area contributed by atoms with Gasteiger partial charge in [0.1, 0.15) is 0 Å². The van der Waals surface area contributed by atoms with Crippen molar-refractivity contribution in [2.45, 2.75) is 6.42 Å². The minimum absolute atomic E-state index is 0.579. The fourth-order valence-corrected chi connectivity index (χ4v) is 3.24. The molecule has 0 radical (unpaired) electrons. The third kappa shape index (κ3) is 1.58. The molecule has 0 aromatic heterocycles. The first-order chi connectivity index (χ1) is 7.29. The fraction of sp³-hybridized carbons (Fsp3) is 0.500. The van der Waals surface area contributed by atoms with E-state index in [2.05, 4.69) is 50.4 Å². The van der Waals surface area contributed by atoms with E-state index in [4.69, 9.17) is 0 Å². The Bertz CT molecular complexity index is 364. The van der Waals surface area contributed by atoms with Crippen LogP contribution >= 0.6 is 15.9 Å². The first kappa shape index (κ1) is 9.67. The Hall–Kier alpha value is -0.540. The van der Waals surface area contributed by atoms with Crippen LogP contribution < -0.4 is 10.2 Å². The van der Waals surface area contributed by atoms with Crippen LogP contribution in [0, 0.1) is 5.41 Å². The van der Waals surface area contributed by atoms with Gasteiger partial charge in [-0.15, -0.1) is 0 Å². The monoisotopic (exact) mass is 266 g/mol. The van der Waals surface area contributed by atoms with Gasteiger partial charge in [0.05, 0.1) is 5.69 Å². The van der Waals surface area contributed by atoms with Gasteiger partial charge in [0.2, 0.25) is 0 Å². The Morgan fingerprint density at radius 3 is 2.73 bits per heavy atom. The Balaban J connectivity index is 1.75. The van der Waals surface area contributed by atoms with Crippen molar-refractivity contribution in [3.63, 3.8) is 0 Å². The minimum atomic E-state index is 0.579. The average Bonchev–Trinajstić information content (AvgIpc) is 2.65. The normalized spacial score (nSPS) is 23.1. The maximum absolute atomic E-state index is 3.61. The van der Waals surface area contributed by atoms with Crippen molar-refractivity contribution in [1.29, 1.82) is 0 Å². The van der Waals surface area contributed by atoms with Crippen LogP contribution in [-0.4, -0.2) is 26.2 Å². The second-order valence-corrected chi connectivity index (χ2v) is 5.59. The van der Waals surface area contributed by atoms with Crippen molar-refractivity contribution in [2.24, 2.45) is 5.41 Å². The van der Waals surface area contributed by atoms with E-state index in [9.17, 15) is 0 Å². The number of nitrogens with one attached hydrogen (secondary N) is 1. The first-order valence-corrected chi connectivity index (χ1v) is 6.29. The highest BCUT2D eigenvalue weighted by Crippen LogP contribution is 2.41. The van der Waals surface area contributed by atoms with Crippen molar-refractivity contribution in [1.82, 2.24) is 5.32 Å². The van der Waals surface area contributed by atoms with Crippen LogP contribution in [0.15, 0.2) is 28.7 Å². The van der Waals surface area contributed by atoms with Crippen molar-refractivity contribution in [3.8, 4) is 0 Å². The summed E-state index contributed by atoms with van der Waals surface area (Å²) >= 11 is 3.61. The first-order valence-electron chi connectivity index (χ1n) is 5.49. The Kier molecular flexibility index (Phi) is 2.25. The van der Waals surface area contributed by atoms with E-state index in [1.807, 2.05) is 0 Å². The second-order valence-electron chi connectivity index (χ2n) is 4.73. The molecule has 0 aliphatic carbocycles. The molecule has 2 fully saturated rings. The van der Waals surface area contributed by atoms with E-state index in [0.29, 0.717) is 5.41 Å². The number of hydrogen-bond donors (Lipinski definition) is 1. The Labute approximate surface area is 98.8 Å². The molecule has 0 bridgehead atoms. The third-order valence-electron chi connectivity index (χ3n) is 3.58. The third-order valence-corrected chi connectivity index (χ3v) is 4.25. The van der Waals surface area contributed by atoms with Crippen molar-refractivity contribution < 1.29 is 0 Å². The summed E-state index contributed by atoms with van der Waals surface area (Å²) in [5.74, 6) is 0. The highest BCUT2D eigenvalue weighted by molar-refractivity contribution is 9.10. The number of rotatable bonds is 1. The molecule has 80 valence electrons. The highest BCUT2D eigenvalue weighted by Gasteiger charge is 2.45. The van der Waals surface area contributed by atoms with E-state index >= 15 is 0 Å². The van der Waals surface area contributed by atoms with Gasteiger partial charge in [-0.2, -0.15) is 0 Å². The van der Waals surface area contributed by atoms with E-state index in [1.165, 1.54) is 42.8 Å². The van der Waals surface area contributed by atoms with E-state index in [0.717, 1.165) is 0 Å². The lowest BCUT2D eigenvalue weighted by Gasteiger charge is -2.49. The standard InChI is InChI=1S/C12H15BrN2/c13-10-3-1-2-4-11(10)15-8-12(9-15)5-6-14-7-12/h1-4,14H,5-9H2. The molecule has 1 aromatic rings. The van der Waals surface area contributed by atoms with Gasteiger partial charge in [-0.1, -0.05) is 12.1 Å². The molecule has 1 spiro atoms. The lowest BCUT2D eigenvalue weighted by molar-refractivity contribution is 0.243. The number of nitrogens with zero attached hydrogens (tertiary/aromatic N) is 1. The SMILES string of the molecule is Brc1ccccc1N1CC2(CCNC2)C1. The highest BCUT2D eigenvalue weighted by atomic mass is 79.9. The molecule has 2 aliphatic rings. The zero-order valence-electron chi connectivity index (χ0n) is 8.67. The summed E-state index contributed by atoms with van der Waals surface area (Å²) in [7, 11) is 0. The van der Waals surface area contributed by atoms with Gasteiger partial charge >= 0.3 is 0 Å². The number of para-hydroxylation sites is 1. The lowest BCUT2D eigenvalue weighted by atomic mass is 9.79. The predicted molar refractivity (Wildman–Crippen MR) is 66.3 cm³/mol. The van der Waals surface area contributed by atoms with Gasteiger partial charge in [0, 0.05) is 29.5 Å². The van der Waals surface area contributed by atoms with Crippen LogP contribution in [0.4, 0.5) is 5.69 Å². The van der Waals surface area contributed by atoms with Crippen molar-refractivity contribution >= 4 is 21.6 Å². The molecule has 3 heteroatoms. The largest absolute Gasteiger partial charge is 0.369 e. The van der Waals surface area contributed by atoms with Gasteiger partial charge in [-0.05, 0) is 41.0 Å². The summed E-state index contributed by atoms with van der Waals surface area (Å²) in [5.41, 5.74) is 1.92. The summed E-state index contributed by atoms with van der Waals surface area (Å²) in [6.45, 7) is 4.82.